The van der Waals surface area contributed by atoms with Crippen molar-refractivity contribution in [2.75, 3.05) is 6.54 Å². The third-order valence-electron chi connectivity index (χ3n) is 7.51. The Balaban J connectivity index is 1.40. The van der Waals surface area contributed by atoms with Crippen molar-refractivity contribution in [2.24, 2.45) is 11.8 Å². The molecule has 0 radical (unpaired) electrons. The van der Waals surface area contributed by atoms with Gasteiger partial charge < -0.3 is 15.5 Å². The SMILES string of the molecule is [C-]#[N+]CCCC(=O)N[C@@H](c1cnn2cc([C@@H](NC(=O)c3nonc3C)C3CCC(F)(F)CC3)nc2c1)C1CC1. The van der Waals surface area contributed by atoms with Gasteiger partial charge in [0.05, 0.1) is 30.2 Å². The lowest BCUT2D eigenvalue weighted by Crippen LogP contribution is -2.37. The Morgan fingerprint density at radius 1 is 1.18 bits per heavy atom. The molecule has 0 bridgehead atoms. The molecule has 13 heteroatoms. The molecule has 3 aromatic rings. The Labute approximate surface area is 223 Å². The van der Waals surface area contributed by atoms with Gasteiger partial charge in [-0.15, -0.1) is 0 Å². The quantitative estimate of drug-likeness (QED) is 0.294. The number of nitrogens with zero attached hydrogens (tertiary/aromatic N) is 6. The average molecular weight is 541 g/mol. The van der Waals surface area contributed by atoms with E-state index in [0.29, 0.717) is 35.9 Å². The molecule has 2 aliphatic rings. The molecule has 2 N–H and O–H groups in total. The van der Waals surface area contributed by atoms with E-state index < -0.39 is 17.9 Å². The van der Waals surface area contributed by atoms with Crippen molar-refractivity contribution in [3.05, 3.63) is 52.5 Å². The molecule has 3 heterocycles. The van der Waals surface area contributed by atoms with Gasteiger partial charge >= 0.3 is 0 Å². The molecule has 2 saturated carbocycles. The molecule has 11 nitrogen and oxygen atoms in total. The van der Waals surface area contributed by atoms with Gasteiger partial charge in [0.1, 0.15) is 5.69 Å². The largest absolute Gasteiger partial charge is 0.349 e. The zero-order valence-electron chi connectivity index (χ0n) is 21.6. The number of amides is 2. The first-order valence-electron chi connectivity index (χ1n) is 13.2. The molecule has 0 saturated heterocycles. The lowest BCUT2D eigenvalue weighted by molar-refractivity contribution is -0.122. The van der Waals surface area contributed by atoms with Crippen molar-refractivity contribution in [3.63, 3.8) is 0 Å². The van der Waals surface area contributed by atoms with E-state index in [1.165, 1.54) is 0 Å². The molecular formula is C26H30F2N8O3. The first-order chi connectivity index (χ1) is 18.7. The molecule has 206 valence electrons. The number of nitrogens with one attached hydrogen (secondary N) is 2. The summed E-state index contributed by atoms with van der Waals surface area (Å²) < 4.78 is 34.1. The van der Waals surface area contributed by atoms with E-state index >= 15 is 0 Å². The molecule has 0 aliphatic heterocycles. The number of carbonyl (C=O) groups is 2. The standard InChI is InChI=1S/C26H30F2N8O3/c1-15-22(35-39-34-15)25(38)33-24(17-7-9-26(27,28)10-8-17)19-14-36-20(31-19)12-18(13-30-36)23(16-5-6-16)32-21(37)4-3-11-29-2/h12-14,16-17,23-24H,3-11H2,1H3,(H,32,37)(H,33,38)/t23-,24+/m1/s1. The second-order valence-electron chi connectivity index (χ2n) is 10.5. The number of alkyl halides is 2. The summed E-state index contributed by atoms with van der Waals surface area (Å²) >= 11 is 0. The van der Waals surface area contributed by atoms with Crippen molar-refractivity contribution < 1.29 is 23.0 Å². The second-order valence-corrected chi connectivity index (χ2v) is 10.5. The zero-order chi connectivity index (χ0) is 27.6. The van der Waals surface area contributed by atoms with E-state index in [1.54, 1.807) is 23.8 Å². The number of fused-ring (bicyclic) bond motifs is 1. The molecule has 2 amide bonds. The van der Waals surface area contributed by atoms with Gasteiger partial charge in [0, 0.05) is 25.7 Å². The summed E-state index contributed by atoms with van der Waals surface area (Å²) in [5, 5.41) is 17.8. The van der Waals surface area contributed by atoms with Crippen molar-refractivity contribution in [2.45, 2.75) is 76.3 Å². The fourth-order valence-electron chi connectivity index (χ4n) is 5.17. The highest BCUT2D eigenvalue weighted by Gasteiger charge is 2.40. The molecule has 2 fully saturated rings. The molecule has 0 spiro atoms. The smallest absolute Gasteiger partial charge is 0.276 e. The summed E-state index contributed by atoms with van der Waals surface area (Å²) in [5.41, 5.74) is 2.20. The Kier molecular flexibility index (Phi) is 7.54. The summed E-state index contributed by atoms with van der Waals surface area (Å²) in [7, 11) is 0. The van der Waals surface area contributed by atoms with Crippen LogP contribution in [0.25, 0.3) is 10.5 Å². The van der Waals surface area contributed by atoms with Crippen LogP contribution in [0.1, 0.15) is 90.9 Å². The van der Waals surface area contributed by atoms with Crippen LogP contribution in [0, 0.1) is 25.3 Å². The Morgan fingerprint density at radius 3 is 2.59 bits per heavy atom. The summed E-state index contributed by atoms with van der Waals surface area (Å²) in [6.07, 6.45) is 6.11. The number of halogens is 2. The third-order valence-corrected chi connectivity index (χ3v) is 7.51. The van der Waals surface area contributed by atoms with Crippen molar-refractivity contribution in [1.82, 2.24) is 35.5 Å². The van der Waals surface area contributed by atoms with Gasteiger partial charge in [0.25, 0.3) is 5.91 Å². The van der Waals surface area contributed by atoms with E-state index in [4.69, 9.17) is 11.6 Å². The van der Waals surface area contributed by atoms with Crippen LogP contribution in [0.15, 0.2) is 23.1 Å². The molecule has 2 aliphatic carbocycles. The van der Waals surface area contributed by atoms with E-state index in [9.17, 15) is 18.4 Å². The topological polar surface area (TPSA) is 132 Å². The number of hydrogen-bond acceptors (Lipinski definition) is 7. The first-order valence-corrected chi connectivity index (χ1v) is 13.2. The van der Waals surface area contributed by atoms with Gasteiger partial charge in [-0.1, -0.05) is 5.16 Å². The predicted octanol–water partition coefficient (Wildman–Crippen LogP) is 3.98. The number of rotatable bonds is 10. The molecule has 0 unspecified atom stereocenters. The molecule has 39 heavy (non-hydrogen) atoms. The van der Waals surface area contributed by atoms with Gasteiger partial charge in [0.15, 0.2) is 11.3 Å². The first kappa shape index (κ1) is 26.6. The number of carbonyl (C=O) groups excluding carboxylic acids is 2. The molecule has 5 rings (SSSR count). The molecule has 2 atom stereocenters. The number of aryl methyl sites for hydroxylation is 1. The van der Waals surface area contributed by atoms with E-state index in [-0.39, 0.29) is 55.7 Å². The highest BCUT2D eigenvalue weighted by atomic mass is 19.3. The third kappa shape index (κ3) is 6.21. The van der Waals surface area contributed by atoms with Crippen LogP contribution in [0.3, 0.4) is 0 Å². The van der Waals surface area contributed by atoms with E-state index in [2.05, 4.69) is 35.5 Å². The van der Waals surface area contributed by atoms with E-state index in [1.807, 2.05) is 6.07 Å². The summed E-state index contributed by atoms with van der Waals surface area (Å²) in [6, 6.07) is 1.01. The van der Waals surface area contributed by atoms with E-state index in [0.717, 1.165) is 18.4 Å². The fraction of sp³-hybridized carbons (Fsp3) is 0.577. The number of hydrogen-bond donors (Lipinski definition) is 2. The van der Waals surface area contributed by atoms with Crippen molar-refractivity contribution in [3.8, 4) is 0 Å². The summed E-state index contributed by atoms with van der Waals surface area (Å²) in [5.74, 6) is -3.29. The monoisotopic (exact) mass is 540 g/mol. The lowest BCUT2D eigenvalue weighted by atomic mass is 9.81. The van der Waals surface area contributed by atoms with Gasteiger partial charge in [-0.25, -0.2) is 29.5 Å². The maximum Gasteiger partial charge on any atom is 0.276 e. The van der Waals surface area contributed by atoms with Crippen LogP contribution < -0.4 is 10.6 Å². The normalized spacial score (nSPS) is 18.8. The highest BCUT2D eigenvalue weighted by molar-refractivity contribution is 5.93. The van der Waals surface area contributed by atoms with Gasteiger partial charge in [-0.2, -0.15) is 5.10 Å². The minimum Gasteiger partial charge on any atom is -0.349 e. The number of aromatic nitrogens is 5. The Bertz CT molecular complexity index is 1380. The maximum atomic E-state index is 13.9. The Hall–Kier alpha value is -3.95. The van der Waals surface area contributed by atoms with Crippen LogP contribution in [0.2, 0.25) is 0 Å². The van der Waals surface area contributed by atoms with Crippen LogP contribution in [-0.4, -0.2) is 49.2 Å². The predicted molar refractivity (Wildman–Crippen MR) is 133 cm³/mol. The molecular weight excluding hydrogens is 510 g/mol. The molecule has 3 aromatic heterocycles. The lowest BCUT2D eigenvalue weighted by Gasteiger charge is -2.33. The van der Waals surface area contributed by atoms with Gasteiger partial charge in [-0.05, 0) is 61.2 Å². The molecule has 0 aromatic carbocycles. The van der Waals surface area contributed by atoms with Gasteiger partial charge in [-0.3, -0.25) is 9.59 Å². The van der Waals surface area contributed by atoms with Crippen LogP contribution in [0.5, 0.6) is 0 Å². The minimum atomic E-state index is -2.72. The average Bonchev–Trinajstić information content (AvgIpc) is 3.51. The van der Waals surface area contributed by atoms with Crippen LogP contribution in [-0.2, 0) is 4.79 Å². The zero-order valence-corrected chi connectivity index (χ0v) is 21.6. The van der Waals surface area contributed by atoms with Crippen LogP contribution >= 0.6 is 0 Å². The highest BCUT2D eigenvalue weighted by Crippen LogP contribution is 2.42. The van der Waals surface area contributed by atoms with Crippen LogP contribution in [0.4, 0.5) is 8.78 Å². The van der Waals surface area contributed by atoms with Crippen molar-refractivity contribution in [1.29, 1.82) is 0 Å². The van der Waals surface area contributed by atoms with Crippen molar-refractivity contribution >= 4 is 17.5 Å². The fourth-order valence-corrected chi connectivity index (χ4v) is 5.17. The maximum absolute atomic E-state index is 13.9. The van der Waals surface area contributed by atoms with Gasteiger partial charge in [0.2, 0.25) is 18.4 Å². The summed E-state index contributed by atoms with van der Waals surface area (Å²) in [4.78, 5) is 33.5. The minimum absolute atomic E-state index is 0.0322. The summed E-state index contributed by atoms with van der Waals surface area (Å²) in [6.45, 7) is 8.79. The Morgan fingerprint density at radius 2 is 1.92 bits per heavy atom. The second kappa shape index (κ2) is 11.0. The number of imidazole rings is 1.